The van der Waals surface area contributed by atoms with Gasteiger partial charge in [0.25, 0.3) is 0 Å². The van der Waals surface area contributed by atoms with Crippen LogP contribution in [0, 0.1) is 5.82 Å². The predicted molar refractivity (Wildman–Crippen MR) is 66.0 cm³/mol. The molecular formula is C13H18FNO3. The van der Waals surface area contributed by atoms with Gasteiger partial charge in [-0.25, -0.2) is 4.39 Å². The number of carboxylic acid groups (broad SMARTS) is 1. The highest BCUT2D eigenvalue weighted by molar-refractivity contribution is 5.73. The molecule has 0 aromatic heterocycles. The summed E-state index contributed by atoms with van der Waals surface area (Å²) >= 11 is 0. The molecule has 0 bridgehead atoms. The molecule has 100 valence electrons. The Bertz CT molecular complexity index is 436. The summed E-state index contributed by atoms with van der Waals surface area (Å²) in [5, 5.41) is 18.2. The van der Waals surface area contributed by atoms with Crippen molar-refractivity contribution in [3.05, 3.63) is 29.6 Å². The average Bonchev–Trinajstić information content (AvgIpc) is 2.28. The lowest BCUT2D eigenvalue weighted by Crippen LogP contribution is -2.39. The summed E-state index contributed by atoms with van der Waals surface area (Å²) in [6.45, 7) is 3.51. The van der Waals surface area contributed by atoms with Gasteiger partial charge in [0, 0.05) is 17.7 Å². The third-order valence-corrected chi connectivity index (χ3v) is 3.21. The average molecular weight is 255 g/mol. The maximum absolute atomic E-state index is 13.7. The number of hydrogen-bond donors (Lipinski definition) is 2. The van der Waals surface area contributed by atoms with E-state index in [1.54, 1.807) is 25.8 Å². The van der Waals surface area contributed by atoms with Crippen molar-refractivity contribution in [2.45, 2.75) is 32.4 Å². The van der Waals surface area contributed by atoms with E-state index >= 15 is 0 Å². The first-order valence-corrected chi connectivity index (χ1v) is 5.81. The van der Waals surface area contributed by atoms with Gasteiger partial charge >= 0.3 is 5.97 Å². The van der Waals surface area contributed by atoms with Crippen LogP contribution >= 0.6 is 0 Å². The molecule has 0 heterocycles. The lowest BCUT2D eigenvalue weighted by atomic mass is 10.0. The number of carboxylic acids is 1. The fourth-order valence-corrected chi connectivity index (χ4v) is 1.98. The summed E-state index contributed by atoms with van der Waals surface area (Å²) in [7, 11) is 1.65. The zero-order valence-corrected chi connectivity index (χ0v) is 10.7. The number of rotatable bonds is 5. The van der Waals surface area contributed by atoms with Crippen molar-refractivity contribution in [3.63, 3.8) is 0 Å². The van der Waals surface area contributed by atoms with Crippen LogP contribution in [0.15, 0.2) is 18.2 Å². The van der Waals surface area contributed by atoms with Crippen molar-refractivity contribution in [2.24, 2.45) is 0 Å². The van der Waals surface area contributed by atoms with E-state index in [0.717, 1.165) is 6.07 Å². The Kier molecular flexibility index (Phi) is 4.67. The minimum Gasteiger partial charge on any atom is -0.508 e. The van der Waals surface area contributed by atoms with Crippen molar-refractivity contribution < 1.29 is 19.4 Å². The van der Waals surface area contributed by atoms with Gasteiger partial charge in [-0.15, -0.1) is 0 Å². The van der Waals surface area contributed by atoms with E-state index in [2.05, 4.69) is 0 Å². The molecule has 2 atom stereocenters. The summed E-state index contributed by atoms with van der Waals surface area (Å²) in [4.78, 5) is 12.7. The number of aliphatic carboxylic acids is 1. The van der Waals surface area contributed by atoms with Gasteiger partial charge in [-0.3, -0.25) is 9.69 Å². The first-order valence-electron chi connectivity index (χ1n) is 5.81. The summed E-state index contributed by atoms with van der Waals surface area (Å²) in [6.07, 6.45) is 0.440. The summed E-state index contributed by atoms with van der Waals surface area (Å²) in [5.74, 6) is -1.60. The molecule has 0 aliphatic carbocycles. The molecule has 1 aromatic rings. The maximum Gasteiger partial charge on any atom is 0.320 e. The highest BCUT2D eigenvalue weighted by Crippen LogP contribution is 2.26. The molecule has 0 saturated heterocycles. The van der Waals surface area contributed by atoms with Crippen molar-refractivity contribution in [3.8, 4) is 5.75 Å². The van der Waals surface area contributed by atoms with Crippen LogP contribution in [0.25, 0.3) is 0 Å². The molecule has 4 nitrogen and oxygen atoms in total. The number of benzene rings is 1. The second kappa shape index (κ2) is 5.82. The Morgan fingerprint density at radius 2 is 2.11 bits per heavy atom. The smallest absolute Gasteiger partial charge is 0.320 e. The van der Waals surface area contributed by atoms with Crippen LogP contribution in [0.2, 0.25) is 0 Å². The van der Waals surface area contributed by atoms with Gasteiger partial charge in [0.15, 0.2) is 0 Å². The Labute approximate surface area is 106 Å². The monoisotopic (exact) mass is 255 g/mol. The van der Waals surface area contributed by atoms with Gasteiger partial charge in [-0.1, -0.05) is 13.0 Å². The topological polar surface area (TPSA) is 60.8 Å². The lowest BCUT2D eigenvalue weighted by Gasteiger charge is -2.30. The largest absolute Gasteiger partial charge is 0.508 e. The van der Waals surface area contributed by atoms with E-state index < -0.39 is 17.8 Å². The van der Waals surface area contributed by atoms with Gasteiger partial charge in [0.2, 0.25) is 0 Å². The number of halogens is 1. The van der Waals surface area contributed by atoms with Crippen molar-refractivity contribution in [2.75, 3.05) is 7.05 Å². The van der Waals surface area contributed by atoms with E-state index in [1.807, 2.05) is 0 Å². The van der Waals surface area contributed by atoms with Crippen LogP contribution in [0.1, 0.15) is 31.9 Å². The van der Waals surface area contributed by atoms with Gasteiger partial charge < -0.3 is 10.2 Å². The second-order valence-corrected chi connectivity index (χ2v) is 4.31. The van der Waals surface area contributed by atoms with Crippen LogP contribution in [-0.2, 0) is 4.79 Å². The van der Waals surface area contributed by atoms with Crippen molar-refractivity contribution >= 4 is 5.97 Å². The van der Waals surface area contributed by atoms with Crippen LogP contribution < -0.4 is 0 Å². The van der Waals surface area contributed by atoms with Crippen molar-refractivity contribution in [1.29, 1.82) is 0 Å². The quantitative estimate of drug-likeness (QED) is 0.848. The number of nitrogens with zero attached hydrogens (tertiary/aromatic N) is 1. The number of likely N-dealkylation sites (N-methyl/N-ethyl adjacent to an activating group) is 1. The highest BCUT2D eigenvalue weighted by Gasteiger charge is 2.26. The van der Waals surface area contributed by atoms with Gasteiger partial charge in [-0.05, 0) is 26.5 Å². The van der Waals surface area contributed by atoms with E-state index in [4.69, 9.17) is 10.2 Å². The Morgan fingerprint density at radius 1 is 1.50 bits per heavy atom. The van der Waals surface area contributed by atoms with Crippen molar-refractivity contribution in [1.82, 2.24) is 4.90 Å². The molecule has 0 aliphatic rings. The minimum atomic E-state index is -0.925. The lowest BCUT2D eigenvalue weighted by molar-refractivity contribution is -0.143. The molecule has 18 heavy (non-hydrogen) atoms. The first-order chi connectivity index (χ1) is 8.38. The molecule has 0 saturated carbocycles. The fourth-order valence-electron chi connectivity index (χ4n) is 1.98. The molecule has 0 fully saturated rings. The number of aromatic hydroxyl groups is 1. The fraction of sp³-hybridized carbons (Fsp3) is 0.462. The van der Waals surface area contributed by atoms with E-state index in [9.17, 15) is 9.18 Å². The predicted octanol–water partition coefficient (Wildman–Crippen LogP) is 2.39. The van der Waals surface area contributed by atoms with E-state index in [-0.39, 0.29) is 11.8 Å². The minimum absolute atomic E-state index is 0.142. The number of hydrogen-bond acceptors (Lipinski definition) is 3. The Hall–Kier alpha value is -1.62. The summed E-state index contributed by atoms with van der Waals surface area (Å²) < 4.78 is 13.7. The summed E-state index contributed by atoms with van der Waals surface area (Å²) in [6, 6.07) is 2.85. The number of phenolic OH excluding ortho intramolecular Hbond substituents is 1. The Balaban J connectivity index is 2.98. The third kappa shape index (κ3) is 2.98. The SMILES string of the molecule is CCC(C(=O)O)N(C)C(C)c1ccc(O)cc1F. The molecule has 0 aliphatic heterocycles. The van der Waals surface area contributed by atoms with Gasteiger partial charge in [0.1, 0.15) is 17.6 Å². The van der Waals surface area contributed by atoms with Gasteiger partial charge in [-0.2, -0.15) is 0 Å². The third-order valence-electron chi connectivity index (χ3n) is 3.21. The molecule has 2 N–H and O–H groups in total. The number of phenols is 1. The molecule has 1 aromatic carbocycles. The zero-order valence-electron chi connectivity index (χ0n) is 10.7. The second-order valence-electron chi connectivity index (χ2n) is 4.31. The summed E-state index contributed by atoms with van der Waals surface area (Å²) in [5.41, 5.74) is 0.370. The molecule has 0 spiro atoms. The first kappa shape index (κ1) is 14.4. The zero-order chi connectivity index (χ0) is 13.9. The van der Waals surface area contributed by atoms with E-state index in [0.29, 0.717) is 12.0 Å². The van der Waals surface area contributed by atoms with Crippen LogP contribution in [0.4, 0.5) is 4.39 Å². The van der Waals surface area contributed by atoms with Crippen LogP contribution in [0.5, 0.6) is 5.75 Å². The molecule has 1 rings (SSSR count). The maximum atomic E-state index is 13.7. The highest BCUT2D eigenvalue weighted by atomic mass is 19.1. The number of carbonyl (C=O) groups is 1. The van der Waals surface area contributed by atoms with Gasteiger partial charge in [0.05, 0.1) is 0 Å². The van der Waals surface area contributed by atoms with Crippen LogP contribution in [-0.4, -0.2) is 34.2 Å². The molecular weight excluding hydrogens is 237 g/mol. The molecule has 5 heteroatoms. The molecule has 0 radical (unpaired) electrons. The van der Waals surface area contributed by atoms with E-state index in [1.165, 1.54) is 12.1 Å². The standard InChI is InChI=1S/C13H18FNO3/c1-4-12(13(17)18)15(3)8(2)10-6-5-9(16)7-11(10)14/h5-8,12,16H,4H2,1-3H3,(H,17,18). The van der Waals surface area contributed by atoms with Crippen LogP contribution in [0.3, 0.4) is 0 Å². The normalized spacial score (nSPS) is 14.5. The molecule has 0 amide bonds. The Morgan fingerprint density at radius 3 is 2.56 bits per heavy atom. The molecule has 2 unspecified atom stereocenters.